The van der Waals surface area contributed by atoms with Crippen molar-refractivity contribution in [3.63, 3.8) is 0 Å². The van der Waals surface area contributed by atoms with Gasteiger partial charge in [-0.3, -0.25) is 0 Å². The van der Waals surface area contributed by atoms with Gasteiger partial charge in [-0.2, -0.15) is 0 Å². The van der Waals surface area contributed by atoms with E-state index in [1.54, 1.807) is 18.4 Å². The molecule has 1 unspecified atom stereocenters. The highest BCUT2D eigenvalue weighted by Crippen LogP contribution is 2.35. The fourth-order valence-corrected chi connectivity index (χ4v) is 3.94. The first-order valence-electron chi connectivity index (χ1n) is 7.51. The minimum Gasteiger partial charge on any atom is -0.495 e. The molecule has 1 aliphatic heterocycles. The molecule has 1 aromatic heterocycles. The van der Waals surface area contributed by atoms with Crippen LogP contribution in [0.25, 0.3) is 0 Å². The summed E-state index contributed by atoms with van der Waals surface area (Å²) in [4.78, 5) is 16.0. The highest BCUT2D eigenvalue weighted by Gasteiger charge is 2.30. The summed E-state index contributed by atoms with van der Waals surface area (Å²) in [5.41, 5.74) is 2.01. The van der Waals surface area contributed by atoms with Crippen LogP contribution in [-0.2, 0) is 6.42 Å². The first-order chi connectivity index (χ1) is 10.7. The van der Waals surface area contributed by atoms with Crippen molar-refractivity contribution in [3.05, 3.63) is 46.2 Å². The van der Waals surface area contributed by atoms with E-state index in [4.69, 9.17) is 4.74 Å². The van der Waals surface area contributed by atoms with Crippen LogP contribution in [0.2, 0.25) is 0 Å². The lowest BCUT2D eigenvalue weighted by atomic mass is 9.98. The molecule has 2 aromatic rings. The third-order valence-corrected chi connectivity index (χ3v) is 5.09. The molecule has 0 aliphatic carbocycles. The maximum Gasteiger partial charge on any atom is 0.322 e. The van der Waals surface area contributed by atoms with Crippen LogP contribution < -0.4 is 10.1 Å². The number of amides is 2. The molecular weight excluding hydrogens is 296 g/mol. The van der Waals surface area contributed by atoms with Gasteiger partial charge in [-0.05, 0) is 42.0 Å². The topological polar surface area (TPSA) is 41.6 Å². The fraction of sp³-hybridized carbons (Fsp3) is 0.353. The van der Waals surface area contributed by atoms with Gasteiger partial charge in [-0.1, -0.05) is 19.1 Å². The molecular formula is C17H20N2O2S. The number of para-hydroxylation sites is 2. The van der Waals surface area contributed by atoms with Gasteiger partial charge in [0.25, 0.3) is 0 Å². The first-order valence-corrected chi connectivity index (χ1v) is 8.39. The van der Waals surface area contributed by atoms with Crippen molar-refractivity contribution in [2.24, 2.45) is 0 Å². The van der Waals surface area contributed by atoms with E-state index in [9.17, 15) is 4.79 Å². The van der Waals surface area contributed by atoms with Crippen molar-refractivity contribution in [1.82, 2.24) is 4.90 Å². The molecule has 0 radical (unpaired) electrons. The smallest absolute Gasteiger partial charge is 0.322 e. The molecule has 0 saturated heterocycles. The van der Waals surface area contributed by atoms with Gasteiger partial charge < -0.3 is 15.0 Å². The Bertz CT molecular complexity index is 668. The minimum atomic E-state index is -0.0619. The zero-order chi connectivity index (χ0) is 15.5. The maximum atomic E-state index is 12.7. The Hall–Kier alpha value is -2.01. The highest BCUT2D eigenvalue weighted by atomic mass is 32.1. The van der Waals surface area contributed by atoms with Gasteiger partial charge >= 0.3 is 6.03 Å². The third kappa shape index (κ3) is 2.68. The van der Waals surface area contributed by atoms with Gasteiger partial charge in [-0.25, -0.2) is 4.79 Å². The van der Waals surface area contributed by atoms with Crippen LogP contribution >= 0.6 is 11.3 Å². The summed E-state index contributed by atoms with van der Waals surface area (Å²) in [7, 11) is 1.61. The predicted molar refractivity (Wildman–Crippen MR) is 89.8 cm³/mol. The number of rotatable bonds is 3. The largest absolute Gasteiger partial charge is 0.495 e. The molecule has 0 spiro atoms. The van der Waals surface area contributed by atoms with Crippen LogP contribution in [-0.4, -0.2) is 24.6 Å². The van der Waals surface area contributed by atoms with Crippen molar-refractivity contribution in [1.29, 1.82) is 0 Å². The van der Waals surface area contributed by atoms with Gasteiger partial charge in [0.2, 0.25) is 0 Å². The summed E-state index contributed by atoms with van der Waals surface area (Å²) >= 11 is 1.79. The number of hydrogen-bond donors (Lipinski definition) is 1. The lowest BCUT2D eigenvalue weighted by Gasteiger charge is -2.35. The van der Waals surface area contributed by atoms with Crippen molar-refractivity contribution in [3.8, 4) is 5.75 Å². The molecule has 0 fully saturated rings. The molecule has 0 bridgehead atoms. The van der Waals surface area contributed by atoms with E-state index in [0.29, 0.717) is 11.4 Å². The molecule has 1 aromatic carbocycles. The number of thiophene rings is 1. The second-order valence-electron chi connectivity index (χ2n) is 5.30. The number of anilines is 1. The lowest BCUT2D eigenvalue weighted by molar-refractivity contribution is 0.181. The molecule has 4 nitrogen and oxygen atoms in total. The number of methoxy groups -OCH3 is 1. The van der Waals surface area contributed by atoms with E-state index in [2.05, 4.69) is 23.7 Å². The number of hydrogen-bond acceptors (Lipinski definition) is 3. The Morgan fingerprint density at radius 3 is 3.00 bits per heavy atom. The SMILES string of the molecule is CCC1c2ccsc2CCN1C(=O)Nc1ccccc1OC. The number of nitrogens with zero attached hydrogens (tertiary/aromatic N) is 1. The lowest BCUT2D eigenvalue weighted by Crippen LogP contribution is -2.41. The third-order valence-electron chi connectivity index (χ3n) is 4.09. The normalized spacial score (nSPS) is 17.0. The highest BCUT2D eigenvalue weighted by molar-refractivity contribution is 7.10. The number of fused-ring (bicyclic) bond motifs is 1. The second-order valence-corrected chi connectivity index (χ2v) is 6.30. The number of benzene rings is 1. The summed E-state index contributed by atoms with van der Waals surface area (Å²) < 4.78 is 5.30. The van der Waals surface area contributed by atoms with Crippen LogP contribution in [0.15, 0.2) is 35.7 Å². The summed E-state index contributed by atoms with van der Waals surface area (Å²) in [5.74, 6) is 0.678. The fourth-order valence-electron chi connectivity index (χ4n) is 3.01. The van der Waals surface area contributed by atoms with Crippen LogP contribution in [0, 0.1) is 0 Å². The molecule has 1 N–H and O–H groups in total. The van der Waals surface area contributed by atoms with E-state index in [1.807, 2.05) is 29.2 Å². The molecule has 3 rings (SSSR count). The van der Waals surface area contributed by atoms with E-state index in [1.165, 1.54) is 10.4 Å². The van der Waals surface area contributed by atoms with Gasteiger partial charge in [0.05, 0.1) is 18.8 Å². The van der Waals surface area contributed by atoms with Gasteiger partial charge in [0.1, 0.15) is 5.75 Å². The molecule has 2 heterocycles. The van der Waals surface area contributed by atoms with Crippen molar-refractivity contribution >= 4 is 23.1 Å². The van der Waals surface area contributed by atoms with Gasteiger partial charge in [0.15, 0.2) is 0 Å². The van der Waals surface area contributed by atoms with Crippen LogP contribution in [0.5, 0.6) is 5.75 Å². The Morgan fingerprint density at radius 2 is 2.23 bits per heavy atom. The molecule has 1 aliphatic rings. The molecule has 1 atom stereocenters. The van der Waals surface area contributed by atoms with Gasteiger partial charge in [-0.15, -0.1) is 11.3 Å². The Morgan fingerprint density at radius 1 is 1.41 bits per heavy atom. The Kier molecular flexibility index (Phi) is 4.34. The molecule has 22 heavy (non-hydrogen) atoms. The summed E-state index contributed by atoms with van der Waals surface area (Å²) in [6.07, 6.45) is 1.85. The van der Waals surface area contributed by atoms with E-state index >= 15 is 0 Å². The average Bonchev–Trinajstić information content (AvgIpc) is 3.02. The van der Waals surface area contributed by atoms with Crippen LogP contribution in [0.4, 0.5) is 10.5 Å². The predicted octanol–water partition coefficient (Wildman–Crippen LogP) is 4.30. The quantitative estimate of drug-likeness (QED) is 0.917. The Balaban J connectivity index is 1.80. The summed E-state index contributed by atoms with van der Waals surface area (Å²) in [6.45, 7) is 2.88. The van der Waals surface area contributed by atoms with Crippen molar-refractivity contribution < 1.29 is 9.53 Å². The molecule has 116 valence electrons. The van der Waals surface area contributed by atoms with E-state index in [-0.39, 0.29) is 12.1 Å². The summed E-state index contributed by atoms with van der Waals surface area (Å²) in [5, 5.41) is 5.10. The number of ether oxygens (including phenoxy) is 1. The van der Waals surface area contributed by atoms with Crippen molar-refractivity contribution in [2.75, 3.05) is 19.0 Å². The zero-order valence-corrected chi connectivity index (χ0v) is 13.7. The molecule has 5 heteroatoms. The molecule has 2 amide bonds. The van der Waals surface area contributed by atoms with Gasteiger partial charge in [0, 0.05) is 11.4 Å². The van der Waals surface area contributed by atoms with Crippen LogP contribution in [0.1, 0.15) is 29.8 Å². The number of urea groups is 1. The second kappa shape index (κ2) is 6.40. The van der Waals surface area contributed by atoms with E-state index in [0.717, 1.165) is 19.4 Å². The first kappa shape index (κ1) is 14.9. The summed E-state index contributed by atoms with van der Waals surface area (Å²) in [6, 6.07) is 9.73. The van der Waals surface area contributed by atoms with Crippen LogP contribution in [0.3, 0.4) is 0 Å². The number of carbonyl (C=O) groups excluding carboxylic acids is 1. The average molecular weight is 316 g/mol. The zero-order valence-electron chi connectivity index (χ0n) is 12.8. The number of nitrogens with one attached hydrogen (secondary N) is 1. The number of carbonyl (C=O) groups is 1. The monoisotopic (exact) mass is 316 g/mol. The maximum absolute atomic E-state index is 12.7. The standard InChI is InChI=1S/C17H20N2O2S/c1-3-14-12-9-11-22-16(12)8-10-19(14)17(20)18-13-6-4-5-7-15(13)21-2/h4-7,9,11,14H,3,8,10H2,1-2H3,(H,18,20). The van der Waals surface area contributed by atoms with Crippen molar-refractivity contribution in [2.45, 2.75) is 25.8 Å². The molecule has 0 saturated carbocycles. The Labute approximate surface area is 134 Å². The van der Waals surface area contributed by atoms with E-state index < -0.39 is 0 Å². The minimum absolute atomic E-state index is 0.0619.